The molecule has 116 valence electrons. The van der Waals surface area contributed by atoms with Gasteiger partial charge in [-0.05, 0) is 23.8 Å². The molecule has 0 saturated heterocycles. The van der Waals surface area contributed by atoms with E-state index < -0.39 is 17.9 Å². The van der Waals surface area contributed by atoms with E-state index in [9.17, 15) is 22.4 Å². The minimum atomic E-state index is -5.05. The molecule has 0 unspecified atom stereocenters. The first-order valence-electron chi connectivity index (χ1n) is 5.88. The summed E-state index contributed by atoms with van der Waals surface area (Å²) in [7, 11) is 0. The lowest BCUT2D eigenvalue weighted by atomic mass is 10.2. The van der Waals surface area contributed by atoms with Crippen LogP contribution in [0.3, 0.4) is 0 Å². The van der Waals surface area contributed by atoms with Gasteiger partial charge < -0.3 is 4.57 Å². The lowest BCUT2D eigenvalue weighted by molar-refractivity contribution is -0.169. The van der Waals surface area contributed by atoms with Gasteiger partial charge in [0, 0.05) is 12.4 Å². The molecular weight excluding hydrogens is 326 g/mol. The van der Waals surface area contributed by atoms with Crippen LogP contribution in [0, 0.1) is 5.82 Å². The van der Waals surface area contributed by atoms with Crippen molar-refractivity contribution < 1.29 is 22.4 Å². The number of alkyl halides is 3. The summed E-state index contributed by atoms with van der Waals surface area (Å²) in [5.74, 6) is -2.96. The molecule has 0 fully saturated rings. The third kappa shape index (κ3) is 3.91. The van der Waals surface area contributed by atoms with Crippen molar-refractivity contribution in [2.75, 3.05) is 0 Å². The predicted octanol–water partition coefficient (Wildman–Crippen LogP) is 2.71. The van der Waals surface area contributed by atoms with Crippen LogP contribution in [0.15, 0.2) is 41.7 Å². The van der Waals surface area contributed by atoms with Crippen LogP contribution in [-0.2, 0) is 11.3 Å². The fraction of sp³-hybridized carbons (Fsp3) is 0.154. The van der Waals surface area contributed by atoms with Gasteiger partial charge in [-0.3, -0.25) is 4.79 Å². The minimum Gasteiger partial charge on any atom is -0.328 e. The second-order valence-electron chi connectivity index (χ2n) is 4.22. The van der Waals surface area contributed by atoms with Gasteiger partial charge in [0.25, 0.3) is 0 Å². The summed E-state index contributed by atoms with van der Waals surface area (Å²) in [6.45, 7) is -0.0219. The predicted molar refractivity (Wildman–Crippen MR) is 69.4 cm³/mol. The molecule has 2 aromatic rings. The molecular formula is C13H8ClF4N3O. The number of halogens is 5. The van der Waals surface area contributed by atoms with Gasteiger partial charge in [0.15, 0.2) is 11.0 Å². The lowest BCUT2D eigenvalue weighted by Gasteiger charge is -2.08. The van der Waals surface area contributed by atoms with E-state index in [1.165, 1.54) is 35.2 Å². The molecule has 0 aliphatic heterocycles. The molecule has 0 saturated carbocycles. The van der Waals surface area contributed by atoms with Crippen LogP contribution in [0.4, 0.5) is 17.6 Å². The quantitative estimate of drug-likeness (QED) is 0.626. The first kappa shape index (κ1) is 16.2. The van der Waals surface area contributed by atoms with Gasteiger partial charge >= 0.3 is 12.1 Å². The van der Waals surface area contributed by atoms with Gasteiger partial charge in [-0.1, -0.05) is 17.7 Å². The van der Waals surface area contributed by atoms with Crippen molar-refractivity contribution in [1.29, 1.82) is 0 Å². The third-order valence-electron chi connectivity index (χ3n) is 2.58. The Morgan fingerprint density at radius 3 is 2.73 bits per heavy atom. The Labute approximate surface area is 126 Å². The van der Waals surface area contributed by atoms with Crippen LogP contribution >= 0.6 is 11.6 Å². The Balaban J connectivity index is 2.38. The molecule has 2 rings (SSSR count). The molecule has 0 atom stereocenters. The van der Waals surface area contributed by atoms with Crippen molar-refractivity contribution in [3.8, 4) is 0 Å². The van der Waals surface area contributed by atoms with Gasteiger partial charge in [-0.25, -0.2) is 9.37 Å². The Morgan fingerprint density at radius 2 is 2.09 bits per heavy atom. The van der Waals surface area contributed by atoms with E-state index in [1.54, 1.807) is 0 Å². The second-order valence-corrected chi connectivity index (χ2v) is 4.58. The summed E-state index contributed by atoms with van der Waals surface area (Å²) in [6.07, 6.45) is -2.36. The number of amides is 1. The summed E-state index contributed by atoms with van der Waals surface area (Å²) in [5, 5.41) is -0.307. The maximum atomic E-state index is 13.3. The molecule has 22 heavy (non-hydrogen) atoms. The van der Waals surface area contributed by atoms with Crippen molar-refractivity contribution in [2.24, 2.45) is 4.99 Å². The molecule has 0 radical (unpaired) electrons. The van der Waals surface area contributed by atoms with Crippen molar-refractivity contribution in [3.63, 3.8) is 0 Å². The van der Waals surface area contributed by atoms with Crippen molar-refractivity contribution in [2.45, 2.75) is 12.7 Å². The van der Waals surface area contributed by atoms with Crippen LogP contribution in [0.5, 0.6) is 0 Å². The zero-order valence-electron chi connectivity index (χ0n) is 10.8. The molecule has 4 nitrogen and oxygen atoms in total. The van der Waals surface area contributed by atoms with Gasteiger partial charge in [0.2, 0.25) is 0 Å². The largest absolute Gasteiger partial charge is 0.473 e. The molecule has 0 aliphatic rings. The smallest absolute Gasteiger partial charge is 0.328 e. The van der Waals surface area contributed by atoms with E-state index in [0.29, 0.717) is 5.56 Å². The molecule has 0 aliphatic carbocycles. The number of carbonyl (C=O) groups excluding carboxylic acids is 1. The average Bonchev–Trinajstić information content (AvgIpc) is 2.44. The Bertz CT molecular complexity index is 770. The normalized spacial score (nSPS) is 12.5. The van der Waals surface area contributed by atoms with Gasteiger partial charge in [0.05, 0.1) is 6.54 Å². The van der Waals surface area contributed by atoms with E-state index >= 15 is 0 Å². The second kappa shape index (κ2) is 6.27. The monoisotopic (exact) mass is 333 g/mol. The maximum Gasteiger partial charge on any atom is 0.473 e. The Hall–Kier alpha value is -2.22. The van der Waals surface area contributed by atoms with Crippen molar-refractivity contribution in [1.82, 2.24) is 9.55 Å². The van der Waals surface area contributed by atoms with Crippen LogP contribution in [0.2, 0.25) is 5.15 Å². The maximum absolute atomic E-state index is 13.3. The number of carbonyl (C=O) groups is 1. The minimum absolute atomic E-state index is 0.0219. The van der Waals surface area contributed by atoms with E-state index in [-0.39, 0.29) is 17.2 Å². The highest BCUT2D eigenvalue weighted by Gasteiger charge is 2.38. The summed E-state index contributed by atoms with van der Waals surface area (Å²) >= 11 is 5.45. The molecule has 1 amide bonds. The molecule has 2 heterocycles. The highest BCUT2D eigenvalue weighted by molar-refractivity contribution is 6.29. The van der Waals surface area contributed by atoms with Crippen molar-refractivity contribution in [3.05, 3.63) is 58.7 Å². The van der Waals surface area contributed by atoms with E-state index in [0.717, 1.165) is 6.07 Å². The lowest BCUT2D eigenvalue weighted by Crippen LogP contribution is -2.27. The zero-order valence-corrected chi connectivity index (χ0v) is 11.6. The third-order valence-corrected chi connectivity index (χ3v) is 2.86. The highest BCUT2D eigenvalue weighted by atomic mass is 35.5. The van der Waals surface area contributed by atoms with Gasteiger partial charge in [-0.15, -0.1) is 0 Å². The standard InChI is InChI=1S/C13H8ClF4N3O/c14-11-9(15)5-8(6-19-11)7-21-4-2-1-3-10(21)20-12(22)13(16,17)18/h1-6H,7H2/b20-10+. The van der Waals surface area contributed by atoms with E-state index in [1.807, 2.05) is 0 Å². The van der Waals surface area contributed by atoms with Crippen LogP contribution in [-0.4, -0.2) is 21.6 Å². The summed E-state index contributed by atoms with van der Waals surface area (Å²) in [4.78, 5) is 17.6. The summed E-state index contributed by atoms with van der Waals surface area (Å²) < 4.78 is 51.4. The Morgan fingerprint density at radius 1 is 1.36 bits per heavy atom. The highest BCUT2D eigenvalue weighted by Crippen LogP contribution is 2.16. The topological polar surface area (TPSA) is 47.2 Å². The number of hydrogen-bond donors (Lipinski definition) is 0. The fourth-order valence-corrected chi connectivity index (χ4v) is 1.72. The molecule has 0 N–H and O–H groups in total. The summed E-state index contributed by atoms with van der Waals surface area (Å²) in [5.41, 5.74) is 0.147. The number of rotatable bonds is 2. The SMILES string of the molecule is O=C(/N=c1\ccccn1Cc1cnc(Cl)c(F)c1)C(F)(F)F. The first-order valence-corrected chi connectivity index (χ1v) is 6.26. The Kier molecular flexibility index (Phi) is 4.60. The van der Waals surface area contributed by atoms with Crippen LogP contribution in [0.1, 0.15) is 5.56 Å². The molecule has 0 spiro atoms. The van der Waals surface area contributed by atoms with E-state index in [2.05, 4.69) is 9.98 Å². The summed E-state index contributed by atoms with van der Waals surface area (Å²) in [6, 6.07) is 5.31. The first-order chi connectivity index (χ1) is 10.3. The zero-order chi connectivity index (χ0) is 16.3. The van der Waals surface area contributed by atoms with Crippen LogP contribution < -0.4 is 5.49 Å². The molecule has 2 aromatic heterocycles. The number of aromatic nitrogens is 2. The van der Waals surface area contributed by atoms with E-state index in [4.69, 9.17) is 11.6 Å². The van der Waals surface area contributed by atoms with Crippen molar-refractivity contribution >= 4 is 17.5 Å². The number of nitrogens with zero attached hydrogens (tertiary/aromatic N) is 3. The fourth-order valence-electron chi connectivity index (χ4n) is 1.61. The van der Waals surface area contributed by atoms with Gasteiger partial charge in [-0.2, -0.15) is 18.2 Å². The molecule has 0 bridgehead atoms. The number of hydrogen-bond acceptors (Lipinski definition) is 2. The molecule has 9 heteroatoms. The average molecular weight is 334 g/mol. The van der Waals surface area contributed by atoms with Gasteiger partial charge in [0.1, 0.15) is 5.49 Å². The molecule has 0 aromatic carbocycles. The number of pyridine rings is 2. The van der Waals surface area contributed by atoms with Crippen LogP contribution in [0.25, 0.3) is 0 Å².